The lowest BCUT2D eigenvalue weighted by atomic mass is 10.0. The van der Waals surface area contributed by atoms with E-state index in [2.05, 4.69) is 15.2 Å². The Kier molecular flexibility index (Phi) is 4.06. The predicted octanol–water partition coefficient (Wildman–Crippen LogP) is 2.25. The van der Waals surface area contributed by atoms with Crippen molar-refractivity contribution in [1.29, 1.82) is 0 Å². The summed E-state index contributed by atoms with van der Waals surface area (Å²) in [6.07, 6.45) is 4.07. The van der Waals surface area contributed by atoms with E-state index in [0.717, 1.165) is 57.0 Å². The van der Waals surface area contributed by atoms with E-state index in [4.69, 9.17) is 4.98 Å². The van der Waals surface area contributed by atoms with Gasteiger partial charge in [-0.3, -0.25) is 4.90 Å². The van der Waals surface area contributed by atoms with Crippen LogP contribution in [-0.2, 0) is 19.5 Å². The van der Waals surface area contributed by atoms with Gasteiger partial charge in [-0.25, -0.2) is 14.4 Å². The van der Waals surface area contributed by atoms with Crippen molar-refractivity contribution in [2.24, 2.45) is 0 Å². The van der Waals surface area contributed by atoms with E-state index in [1.165, 1.54) is 17.3 Å². The summed E-state index contributed by atoms with van der Waals surface area (Å²) in [6, 6.07) is 6.85. The first kappa shape index (κ1) is 14.7. The Morgan fingerprint density at radius 1 is 1.35 bits per heavy atom. The molecule has 120 valence electrons. The van der Waals surface area contributed by atoms with Crippen LogP contribution in [0.15, 0.2) is 30.5 Å². The Balaban J connectivity index is 1.47. The van der Waals surface area contributed by atoms with Crippen LogP contribution in [0.2, 0.25) is 0 Å². The number of rotatable bonds is 3. The second-order valence-electron chi connectivity index (χ2n) is 6.48. The molecule has 1 aromatic heterocycles. The van der Waals surface area contributed by atoms with Crippen LogP contribution in [0.1, 0.15) is 35.0 Å². The van der Waals surface area contributed by atoms with Gasteiger partial charge in [0.1, 0.15) is 11.6 Å². The number of nitrogens with one attached hydrogen (secondary N) is 1. The van der Waals surface area contributed by atoms with Crippen molar-refractivity contribution in [1.82, 2.24) is 20.2 Å². The molecule has 23 heavy (non-hydrogen) atoms. The Morgan fingerprint density at radius 3 is 3.13 bits per heavy atom. The molecule has 3 heterocycles. The lowest BCUT2D eigenvalue weighted by molar-refractivity contribution is 0.242. The molecule has 1 unspecified atom stereocenters. The molecule has 2 aromatic rings. The summed E-state index contributed by atoms with van der Waals surface area (Å²) < 4.78 is 13.3. The van der Waals surface area contributed by atoms with E-state index >= 15 is 0 Å². The highest BCUT2D eigenvalue weighted by Gasteiger charge is 2.23. The first-order valence-corrected chi connectivity index (χ1v) is 8.30. The second kappa shape index (κ2) is 6.34. The largest absolute Gasteiger partial charge is 0.316 e. The zero-order valence-electron chi connectivity index (χ0n) is 13.1. The predicted molar refractivity (Wildman–Crippen MR) is 86.5 cm³/mol. The van der Waals surface area contributed by atoms with Gasteiger partial charge in [-0.2, -0.15) is 0 Å². The summed E-state index contributed by atoms with van der Waals surface area (Å²) in [5, 5.41) is 3.37. The third-order valence-corrected chi connectivity index (χ3v) is 4.75. The lowest BCUT2D eigenvalue weighted by Crippen LogP contribution is -2.31. The molecule has 0 saturated carbocycles. The van der Waals surface area contributed by atoms with Crippen molar-refractivity contribution < 1.29 is 4.39 Å². The Hall–Kier alpha value is -1.85. The van der Waals surface area contributed by atoms with Crippen LogP contribution in [0.4, 0.5) is 4.39 Å². The van der Waals surface area contributed by atoms with Crippen molar-refractivity contribution in [3.8, 4) is 0 Å². The third-order valence-electron chi connectivity index (χ3n) is 4.75. The molecule has 1 aromatic carbocycles. The average molecular weight is 312 g/mol. The Morgan fingerprint density at radius 2 is 2.30 bits per heavy atom. The van der Waals surface area contributed by atoms with Crippen LogP contribution >= 0.6 is 0 Å². The number of aromatic nitrogens is 2. The number of halogens is 1. The first-order chi connectivity index (χ1) is 11.3. The van der Waals surface area contributed by atoms with Crippen molar-refractivity contribution in [2.45, 2.75) is 31.8 Å². The first-order valence-electron chi connectivity index (χ1n) is 8.30. The molecule has 1 saturated heterocycles. The fourth-order valence-corrected chi connectivity index (χ4v) is 3.49. The summed E-state index contributed by atoms with van der Waals surface area (Å²) >= 11 is 0. The van der Waals surface area contributed by atoms with Crippen molar-refractivity contribution in [3.63, 3.8) is 0 Å². The Labute approximate surface area is 135 Å². The van der Waals surface area contributed by atoms with E-state index in [-0.39, 0.29) is 5.82 Å². The number of hydrogen-bond acceptors (Lipinski definition) is 4. The van der Waals surface area contributed by atoms with E-state index in [1.807, 2.05) is 12.3 Å². The molecule has 4 rings (SSSR count). The minimum Gasteiger partial charge on any atom is -0.316 e. The SMILES string of the molecule is Fc1cccc(CN2CCc3nc(C4CCNC4)ncc3C2)c1. The average Bonchev–Trinajstić information content (AvgIpc) is 3.09. The molecule has 1 N–H and O–H groups in total. The Bertz CT molecular complexity index is 697. The summed E-state index contributed by atoms with van der Waals surface area (Å²) in [7, 11) is 0. The summed E-state index contributed by atoms with van der Waals surface area (Å²) in [4.78, 5) is 11.7. The van der Waals surface area contributed by atoms with Gasteiger partial charge in [-0.05, 0) is 30.7 Å². The second-order valence-corrected chi connectivity index (χ2v) is 6.48. The van der Waals surface area contributed by atoms with Gasteiger partial charge in [0.05, 0.1) is 0 Å². The summed E-state index contributed by atoms with van der Waals surface area (Å²) in [5.74, 6) is 1.29. The minimum atomic E-state index is -0.168. The van der Waals surface area contributed by atoms with Crippen LogP contribution < -0.4 is 5.32 Å². The number of fused-ring (bicyclic) bond motifs is 1. The molecule has 0 spiro atoms. The molecule has 2 aliphatic heterocycles. The van der Waals surface area contributed by atoms with Crippen LogP contribution in [-0.4, -0.2) is 34.5 Å². The van der Waals surface area contributed by atoms with Gasteiger partial charge in [-0.15, -0.1) is 0 Å². The van der Waals surface area contributed by atoms with Gasteiger partial charge in [0.2, 0.25) is 0 Å². The normalized spacial score (nSPS) is 21.3. The van der Waals surface area contributed by atoms with Crippen LogP contribution in [0.5, 0.6) is 0 Å². The van der Waals surface area contributed by atoms with Gasteiger partial charge < -0.3 is 5.32 Å². The van der Waals surface area contributed by atoms with Crippen molar-refractivity contribution in [2.75, 3.05) is 19.6 Å². The summed E-state index contributed by atoms with van der Waals surface area (Å²) in [6.45, 7) is 4.63. The van der Waals surface area contributed by atoms with Crippen LogP contribution in [0, 0.1) is 5.82 Å². The molecule has 5 heteroatoms. The van der Waals surface area contributed by atoms with Crippen LogP contribution in [0.3, 0.4) is 0 Å². The highest BCUT2D eigenvalue weighted by molar-refractivity contribution is 5.23. The van der Waals surface area contributed by atoms with E-state index in [9.17, 15) is 4.39 Å². The molecule has 1 fully saturated rings. The zero-order valence-corrected chi connectivity index (χ0v) is 13.1. The molecule has 0 amide bonds. The smallest absolute Gasteiger partial charge is 0.132 e. The standard InChI is InChI=1S/C18H21FN4/c19-16-3-1-2-13(8-16)11-23-7-5-17-15(12-23)10-21-18(22-17)14-4-6-20-9-14/h1-3,8,10,14,20H,4-7,9,11-12H2. The molecule has 1 atom stereocenters. The molecular weight excluding hydrogens is 291 g/mol. The highest BCUT2D eigenvalue weighted by Crippen LogP contribution is 2.23. The topological polar surface area (TPSA) is 41.1 Å². The molecule has 0 aliphatic carbocycles. The van der Waals surface area contributed by atoms with Crippen LogP contribution in [0.25, 0.3) is 0 Å². The minimum absolute atomic E-state index is 0.168. The fourth-order valence-electron chi connectivity index (χ4n) is 3.49. The monoisotopic (exact) mass is 312 g/mol. The zero-order chi connectivity index (χ0) is 15.6. The number of hydrogen-bond donors (Lipinski definition) is 1. The number of benzene rings is 1. The van der Waals surface area contributed by atoms with Crippen molar-refractivity contribution in [3.05, 3.63) is 58.9 Å². The van der Waals surface area contributed by atoms with Gasteiger partial charge in [-0.1, -0.05) is 12.1 Å². The maximum absolute atomic E-state index is 13.3. The molecular formula is C18H21FN4. The number of nitrogens with zero attached hydrogens (tertiary/aromatic N) is 3. The summed E-state index contributed by atoms with van der Waals surface area (Å²) in [5.41, 5.74) is 3.42. The molecule has 0 radical (unpaired) electrons. The maximum atomic E-state index is 13.3. The maximum Gasteiger partial charge on any atom is 0.132 e. The van der Waals surface area contributed by atoms with E-state index < -0.39 is 0 Å². The van der Waals surface area contributed by atoms with Gasteiger partial charge in [0.25, 0.3) is 0 Å². The van der Waals surface area contributed by atoms with E-state index in [1.54, 1.807) is 12.1 Å². The molecule has 0 bridgehead atoms. The lowest BCUT2D eigenvalue weighted by Gasteiger charge is -2.28. The van der Waals surface area contributed by atoms with Gasteiger partial charge >= 0.3 is 0 Å². The third kappa shape index (κ3) is 3.26. The molecule has 4 nitrogen and oxygen atoms in total. The van der Waals surface area contributed by atoms with Crippen molar-refractivity contribution >= 4 is 0 Å². The quantitative estimate of drug-likeness (QED) is 0.944. The van der Waals surface area contributed by atoms with Gasteiger partial charge in [0, 0.05) is 56.0 Å². The van der Waals surface area contributed by atoms with E-state index in [0.29, 0.717) is 5.92 Å². The highest BCUT2D eigenvalue weighted by atomic mass is 19.1. The molecule has 2 aliphatic rings. The van der Waals surface area contributed by atoms with Gasteiger partial charge in [0.15, 0.2) is 0 Å². The fraction of sp³-hybridized carbons (Fsp3) is 0.444.